The fourth-order valence-corrected chi connectivity index (χ4v) is 1.81. The maximum Gasteiger partial charge on any atom is 0.365 e. The standard InChI is InChI=1S/C15H12N2O4/c18-15(21-17-10-11-3-5-16-6-4-11)12-1-2-13-14(9-12)20-8-7-19-13/h1-6,9-10H,7-8H2. The third kappa shape index (κ3) is 3.17. The lowest BCUT2D eigenvalue weighted by molar-refractivity contribution is 0.0518. The largest absolute Gasteiger partial charge is 0.486 e. The van der Waals surface area contributed by atoms with Crippen LogP contribution in [-0.4, -0.2) is 30.4 Å². The molecule has 1 aliphatic heterocycles. The van der Waals surface area contributed by atoms with Gasteiger partial charge in [-0.25, -0.2) is 4.79 Å². The van der Waals surface area contributed by atoms with Gasteiger partial charge >= 0.3 is 5.97 Å². The van der Waals surface area contributed by atoms with Crippen LogP contribution < -0.4 is 9.47 Å². The molecule has 0 aliphatic carbocycles. The van der Waals surface area contributed by atoms with E-state index in [1.165, 1.54) is 6.21 Å². The third-order valence-corrected chi connectivity index (χ3v) is 2.82. The first kappa shape index (κ1) is 13.1. The second-order valence-corrected chi connectivity index (χ2v) is 4.25. The van der Waals surface area contributed by atoms with Gasteiger partial charge in [0.05, 0.1) is 11.8 Å². The highest BCUT2D eigenvalue weighted by atomic mass is 16.7. The van der Waals surface area contributed by atoms with Gasteiger partial charge in [0.1, 0.15) is 13.2 Å². The quantitative estimate of drug-likeness (QED) is 0.490. The Balaban J connectivity index is 1.67. The summed E-state index contributed by atoms with van der Waals surface area (Å²) in [5, 5.41) is 3.66. The molecule has 6 heteroatoms. The number of benzene rings is 1. The SMILES string of the molecule is O=C(ON=Cc1ccncc1)c1ccc2c(c1)OCCO2. The molecule has 21 heavy (non-hydrogen) atoms. The van der Waals surface area contributed by atoms with E-state index < -0.39 is 5.97 Å². The smallest absolute Gasteiger partial charge is 0.365 e. The maximum absolute atomic E-state index is 11.9. The van der Waals surface area contributed by atoms with Crippen molar-refractivity contribution in [1.82, 2.24) is 4.98 Å². The van der Waals surface area contributed by atoms with E-state index in [4.69, 9.17) is 14.3 Å². The minimum Gasteiger partial charge on any atom is -0.486 e. The van der Waals surface area contributed by atoms with Crippen LogP contribution in [0.1, 0.15) is 15.9 Å². The Morgan fingerprint density at radius 2 is 1.90 bits per heavy atom. The van der Waals surface area contributed by atoms with Crippen LogP contribution in [0.2, 0.25) is 0 Å². The van der Waals surface area contributed by atoms with Crippen LogP contribution in [0.5, 0.6) is 11.5 Å². The Bertz CT molecular complexity index is 671. The molecule has 0 unspecified atom stereocenters. The van der Waals surface area contributed by atoms with Crippen molar-refractivity contribution in [3.63, 3.8) is 0 Å². The van der Waals surface area contributed by atoms with Gasteiger partial charge in [0.25, 0.3) is 0 Å². The van der Waals surface area contributed by atoms with Crippen molar-refractivity contribution < 1.29 is 19.1 Å². The summed E-state index contributed by atoms with van der Waals surface area (Å²) >= 11 is 0. The first-order valence-electron chi connectivity index (χ1n) is 6.37. The van der Waals surface area contributed by atoms with Gasteiger partial charge in [-0.2, -0.15) is 0 Å². The molecule has 0 spiro atoms. The van der Waals surface area contributed by atoms with Crippen molar-refractivity contribution in [3.8, 4) is 11.5 Å². The Morgan fingerprint density at radius 1 is 1.14 bits per heavy atom. The van der Waals surface area contributed by atoms with Gasteiger partial charge in [0.15, 0.2) is 11.5 Å². The lowest BCUT2D eigenvalue weighted by atomic mass is 10.2. The monoisotopic (exact) mass is 284 g/mol. The zero-order valence-electron chi connectivity index (χ0n) is 11.1. The van der Waals surface area contributed by atoms with E-state index in [1.54, 1.807) is 42.7 Å². The van der Waals surface area contributed by atoms with Gasteiger partial charge in [-0.1, -0.05) is 5.16 Å². The molecule has 0 radical (unpaired) electrons. The summed E-state index contributed by atoms with van der Waals surface area (Å²) < 4.78 is 10.8. The van der Waals surface area contributed by atoms with Crippen LogP contribution in [0.4, 0.5) is 0 Å². The molecule has 0 N–H and O–H groups in total. The number of ether oxygens (including phenoxy) is 2. The molecule has 0 amide bonds. The van der Waals surface area contributed by atoms with Gasteiger partial charge in [-0.3, -0.25) is 4.98 Å². The van der Waals surface area contributed by atoms with Crippen LogP contribution in [0.25, 0.3) is 0 Å². The fourth-order valence-electron chi connectivity index (χ4n) is 1.81. The minimum absolute atomic E-state index is 0.353. The molecule has 106 valence electrons. The Hall–Kier alpha value is -2.89. The molecule has 6 nitrogen and oxygen atoms in total. The van der Waals surface area contributed by atoms with Crippen LogP contribution in [-0.2, 0) is 4.84 Å². The fraction of sp³-hybridized carbons (Fsp3) is 0.133. The van der Waals surface area contributed by atoms with E-state index in [0.717, 1.165) is 5.56 Å². The molecule has 0 saturated heterocycles. The van der Waals surface area contributed by atoms with E-state index in [1.807, 2.05) is 0 Å². The van der Waals surface area contributed by atoms with Crippen molar-refractivity contribution in [3.05, 3.63) is 53.9 Å². The van der Waals surface area contributed by atoms with Gasteiger partial charge in [-0.05, 0) is 35.9 Å². The zero-order valence-corrected chi connectivity index (χ0v) is 11.1. The summed E-state index contributed by atoms with van der Waals surface area (Å²) in [4.78, 5) is 20.6. The number of rotatable bonds is 3. The normalized spacial score (nSPS) is 13.1. The number of fused-ring (bicyclic) bond motifs is 1. The van der Waals surface area contributed by atoms with E-state index >= 15 is 0 Å². The molecule has 2 heterocycles. The molecule has 0 fully saturated rings. The molecule has 1 aromatic carbocycles. The Morgan fingerprint density at radius 3 is 2.71 bits per heavy atom. The Kier molecular flexibility index (Phi) is 3.77. The number of oxime groups is 1. The highest BCUT2D eigenvalue weighted by molar-refractivity contribution is 5.90. The minimum atomic E-state index is -0.558. The molecule has 1 aliphatic rings. The summed E-state index contributed by atoms with van der Waals surface area (Å²) in [5.74, 6) is 0.601. The highest BCUT2D eigenvalue weighted by Crippen LogP contribution is 2.30. The van der Waals surface area contributed by atoms with Gasteiger partial charge in [-0.15, -0.1) is 0 Å². The van der Waals surface area contributed by atoms with Crippen LogP contribution in [0.15, 0.2) is 47.9 Å². The predicted octanol–water partition coefficient (Wildman–Crippen LogP) is 2.04. The summed E-state index contributed by atoms with van der Waals surface area (Å²) in [6, 6.07) is 8.37. The summed E-state index contributed by atoms with van der Waals surface area (Å²) in [6.07, 6.45) is 4.70. The van der Waals surface area contributed by atoms with Crippen LogP contribution >= 0.6 is 0 Å². The van der Waals surface area contributed by atoms with Crippen molar-refractivity contribution in [2.75, 3.05) is 13.2 Å². The number of hydrogen-bond acceptors (Lipinski definition) is 6. The molecule has 0 saturated carbocycles. The highest BCUT2D eigenvalue weighted by Gasteiger charge is 2.15. The average Bonchev–Trinajstić information content (AvgIpc) is 2.55. The first-order valence-corrected chi connectivity index (χ1v) is 6.37. The lowest BCUT2D eigenvalue weighted by Crippen LogP contribution is -2.15. The summed E-state index contributed by atoms with van der Waals surface area (Å²) in [6.45, 7) is 0.971. The topological polar surface area (TPSA) is 70.0 Å². The molecule has 2 aromatic rings. The number of carbonyl (C=O) groups is 1. The lowest BCUT2D eigenvalue weighted by Gasteiger charge is -2.18. The molecule has 0 bridgehead atoms. The van der Waals surface area contributed by atoms with Crippen LogP contribution in [0, 0.1) is 0 Å². The van der Waals surface area contributed by atoms with Gasteiger partial charge in [0.2, 0.25) is 0 Å². The molecule has 3 rings (SSSR count). The Labute approximate surface area is 121 Å². The number of aromatic nitrogens is 1. The van der Waals surface area contributed by atoms with E-state index in [2.05, 4.69) is 10.1 Å². The predicted molar refractivity (Wildman–Crippen MR) is 74.7 cm³/mol. The molecule has 0 atom stereocenters. The van der Waals surface area contributed by atoms with Crippen LogP contribution in [0.3, 0.4) is 0 Å². The molecule has 1 aromatic heterocycles. The summed E-state index contributed by atoms with van der Waals surface area (Å²) in [5.41, 5.74) is 1.14. The number of pyridine rings is 1. The van der Waals surface area contributed by atoms with E-state index in [9.17, 15) is 4.79 Å². The van der Waals surface area contributed by atoms with Crippen molar-refractivity contribution >= 4 is 12.2 Å². The van der Waals surface area contributed by atoms with Crippen molar-refractivity contribution in [1.29, 1.82) is 0 Å². The third-order valence-electron chi connectivity index (χ3n) is 2.82. The second-order valence-electron chi connectivity index (χ2n) is 4.25. The number of nitrogens with zero attached hydrogens (tertiary/aromatic N) is 2. The average molecular weight is 284 g/mol. The summed E-state index contributed by atoms with van der Waals surface area (Å²) in [7, 11) is 0. The molecular formula is C15H12N2O4. The van der Waals surface area contributed by atoms with Gasteiger partial charge < -0.3 is 14.3 Å². The van der Waals surface area contributed by atoms with E-state index in [-0.39, 0.29) is 0 Å². The zero-order chi connectivity index (χ0) is 14.5. The first-order chi connectivity index (χ1) is 10.3. The van der Waals surface area contributed by atoms with Crippen molar-refractivity contribution in [2.24, 2.45) is 5.16 Å². The second kappa shape index (κ2) is 6.04. The molecular weight excluding hydrogens is 272 g/mol. The van der Waals surface area contributed by atoms with Gasteiger partial charge in [0, 0.05) is 12.4 Å². The van der Waals surface area contributed by atoms with Crippen molar-refractivity contribution in [2.45, 2.75) is 0 Å². The number of hydrogen-bond donors (Lipinski definition) is 0. The maximum atomic E-state index is 11.9. The van der Waals surface area contributed by atoms with E-state index in [0.29, 0.717) is 30.3 Å². The number of carbonyl (C=O) groups excluding carboxylic acids is 1.